The first-order valence-electron chi connectivity index (χ1n) is 5.62. The highest BCUT2D eigenvalue weighted by Crippen LogP contribution is 2.20. The SMILES string of the molecule is C/C(=C\C(C)(C)CNc1ccccc1)C(=O)O. The topological polar surface area (TPSA) is 49.3 Å². The average molecular weight is 233 g/mol. The van der Waals surface area contributed by atoms with Gasteiger partial charge in [0.1, 0.15) is 0 Å². The molecular formula is C14H19NO2. The van der Waals surface area contributed by atoms with E-state index in [9.17, 15) is 4.79 Å². The van der Waals surface area contributed by atoms with Gasteiger partial charge in [-0.2, -0.15) is 0 Å². The number of rotatable bonds is 5. The number of aliphatic carboxylic acids is 1. The van der Waals surface area contributed by atoms with E-state index in [1.807, 2.05) is 44.2 Å². The van der Waals surface area contributed by atoms with Crippen molar-refractivity contribution in [3.8, 4) is 0 Å². The Morgan fingerprint density at radius 2 is 1.94 bits per heavy atom. The van der Waals surface area contributed by atoms with Crippen LogP contribution >= 0.6 is 0 Å². The summed E-state index contributed by atoms with van der Waals surface area (Å²) in [6, 6.07) is 9.87. The molecule has 0 heterocycles. The highest BCUT2D eigenvalue weighted by atomic mass is 16.4. The molecule has 0 saturated heterocycles. The Morgan fingerprint density at radius 1 is 1.35 bits per heavy atom. The molecule has 0 atom stereocenters. The van der Waals surface area contributed by atoms with Crippen molar-refractivity contribution in [3.63, 3.8) is 0 Å². The summed E-state index contributed by atoms with van der Waals surface area (Å²) in [5, 5.41) is 12.1. The van der Waals surface area contributed by atoms with Gasteiger partial charge in [-0.1, -0.05) is 38.1 Å². The number of carboxylic acid groups (broad SMARTS) is 1. The summed E-state index contributed by atoms with van der Waals surface area (Å²) in [7, 11) is 0. The quantitative estimate of drug-likeness (QED) is 0.768. The molecule has 0 saturated carbocycles. The summed E-state index contributed by atoms with van der Waals surface area (Å²) >= 11 is 0. The molecule has 0 spiro atoms. The van der Waals surface area contributed by atoms with E-state index in [0.717, 1.165) is 5.69 Å². The van der Waals surface area contributed by atoms with E-state index in [0.29, 0.717) is 12.1 Å². The van der Waals surface area contributed by atoms with Gasteiger partial charge < -0.3 is 10.4 Å². The second-order valence-corrected chi connectivity index (χ2v) is 4.84. The number of carboxylic acids is 1. The number of hydrogen-bond donors (Lipinski definition) is 2. The molecule has 1 aromatic carbocycles. The maximum atomic E-state index is 10.8. The zero-order valence-electron chi connectivity index (χ0n) is 10.5. The van der Waals surface area contributed by atoms with Crippen LogP contribution in [0.2, 0.25) is 0 Å². The Balaban J connectivity index is 2.62. The molecule has 0 radical (unpaired) electrons. The third-order valence-electron chi connectivity index (χ3n) is 2.47. The smallest absolute Gasteiger partial charge is 0.330 e. The second kappa shape index (κ2) is 5.53. The Bertz CT molecular complexity index is 407. The average Bonchev–Trinajstić information content (AvgIpc) is 2.27. The van der Waals surface area contributed by atoms with Crippen LogP contribution in [0.3, 0.4) is 0 Å². The molecule has 1 rings (SSSR count). The number of hydrogen-bond acceptors (Lipinski definition) is 2. The van der Waals surface area contributed by atoms with Crippen LogP contribution in [0.15, 0.2) is 42.0 Å². The lowest BCUT2D eigenvalue weighted by molar-refractivity contribution is -0.132. The van der Waals surface area contributed by atoms with Crippen LogP contribution in [0.5, 0.6) is 0 Å². The Morgan fingerprint density at radius 3 is 2.47 bits per heavy atom. The van der Waals surface area contributed by atoms with E-state index < -0.39 is 5.97 Å². The fourth-order valence-electron chi connectivity index (χ4n) is 1.58. The van der Waals surface area contributed by atoms with Crippen LogP contribution in [0.1, 0.15) is 20.8 Å². The minimum absolute atomic E-state index is 0.196. The van der Waals surface area contributed by atoms with E-state index in [-0.39, 0.29) is 5.41 Å². The van der Waals surface area contributed by atoms with Crippen LogP contribution in [0.25, 0.3) is 0 Å². The van der Waals surface area contributed by atoms with E-state index in [4.69, 9.17) is 5.11 Å². The largest absolute Gasteiger partial charge is 0.478 e. The number of anilines is 1. The van der Waals surface area contributed by atoms with Crippen molar-refractivity contribution in [3.05, 3.63) is 42.0 Å². The molecule has 1 aromatic rings. The summed E-state index contributed by atoms with van der Waals surface area (Å²) in [5.41, 5.74) is 1.23. The molecule has 0 aliphatic carbocycles. The molecule has 2 N–H and O–H groups in total. The van der Waals surface area contributed by atoms with Gasteiger partial charge in [-0.25, -0.2) is 4.79 Å². The van der Waals surface area contributed by atoms with E-state index in [1.165, 1.54) is 0 Å². The molecule has 0 amide bonds. The maximum Gasteiger partial charge on any atom is 0.330 e. The van der Waals surface area contributed by atoms with Gasteiger partial charge in [-0.3, -0.25) is 0 Å². The van der Waals surface area contributed by atoms with E-state index >= 15 is 0 Å². The molecule has 0 aliphatic rings. The van der Waals surface area contributed by atoms with Crippen LogP contribution in [-0.2, 0) is 4.79 Å². The van der Waals surface area contributed by atoms with Crippen molar-refractivity contribution in [2.24, 2.45) is 5.41 Å². The molecule has 17 heavy (non-hydrogen) atoms. The first-order valence-corrected chi connectivity index (χ1v) is 5.62. The molecule has 0 aliphatic heterocycles. The summed E-state index contributed by atoms with van der Waals surface area (Å²) < 4.78 is 0. The van der Waals surface area contributed by atoms with E-state index in [1.54, 1.807) is 13.0 Å². The van der Waals surface area contributed by atoms with Crippen molar-refractivity contribution in [2.45, 2.75) is 20.8 Å². The lowest BCUT2D eigenvalue weighted by atomic mass is 9.90. The first kappa shape index (κ1) is 13.3. The second-order valence-electron chi connectivity index (χ2n) is 4.84. The van der Waals surface area contributed by atoms with Crippen LogP contribution in [0.4, 0.5) is 5.69 Å². The fraction of sp³-hybridized carbons (Fsp3) is 0.357. The monoisotopic (exact) mass is 233 g/mol. The molecule has 0 aromatic heterocycles. The maximum absolute atomic E-state index is 10.8. The zero-order chi connectivity index (χ0) is 12.9. The lowest BCUT2D eigenvalue weighted by Gasteiger charge is -2.22. The van der Waals surface area contributed by atoms with Gasteiger partial charge in [-0.05, 0) is 19.1 Å². The van der Waals surface area contributed by atoms with Crippen molar-refractivity contribution in [1.82, 2.24) is 0 Å². The molecular weight excluding hydrogens is 214 g/mol. The fourth-order valence-corrected chi connectivity index (χ4v) is 1.58. The summed E-state index contributed by atoms with van der Waals surface area (Å²) in [4.78, 5) is 10.8. The summed E-state index contributed by atoms with van der Waals surface area (Å²) in [5.74, 6) is -0.863. The van der Waals surface area contributed by atoms with Crippen LogP contribution < -0.4 is 5.32 Å². The van der Waals surface area contributed by atoms with Crippen molar-refractivity contribution in [1.29, 1.82) is 0 Å². The highest BCUT2D eigenvalue weighted by molar-refractivity contribution is 5.85. The van der Waals surface area contributed by atoms with Gasteiger partial charge >= 0.3 is 5.97 Å². The Labute approximate surface area is 102 Å². The number of para-hydroxylation sites is 1. The van der Waals surface area contributed by atoms with Gasteiger partial charge in [-0.15, -0.1) is 0 Å². The normalized spacial score (nSPS) is 12.3. The molecule has 0 fully saturated rings. The number of carbonyl (C=O) groups is 1. The van der Waals surface area contributed by atoms with Gasteiger partial charge in [0.25, 0.3) is 0 Å². The highest BCUT2D eigenvalue weighted by Gasteiger charge is 2.16. The van der Waals surface area contributed by atoms with Gasteiger partial charge in [0, 0.05) is 23.2 Å². The molecule has 0 bridgehead atoms. The predicted molar refractivity (Wildman–Crippen MR) is 70.1 cm³/mol. The Hall–Kier alpha value is -1.77. The number of benzene rings is 1. The third kappa shape index (κ3) is 4.72. The lowest BCUT2D eigenvalue weighted by Crippen LogP contribution is -2.22. The van der Waals surface area contributed by atoms with Gasteiger partial charge in [0.2, 0.25) is 0 Å². The van der Waals surface area contributed by atoms with Crippen LogP contribution in [0, 0.1) is 5.41 Å². The molecule has 0 unspecified atom stereocenters. The third-order valence-corrected chi connectivity index (χ3v) is 2.47. The minimum Gasteiger partial charge on any atom is -0.478 e. The molecule has 3 heteroatoms. The summed E-state index contributed by atoms with van der Waals surface area (Å²) in [6.07, 6.45) is 1.78. The zero-order valence-corrected chi connectivity index (χ0v) is 10.5. The van der Waals surface area contributed by atoms with Gasteiger partial charge in [0.05, 0.1) is 0 Å². The Kier molecular flexibility index (Phi) is 4.32. The minimum atomic E-state index is -0.863. The standard InChI is InChI=1S/C14H19NO2/c1-11(13(16)17)9-14(2,3)10-15-12-7-5-4-6-8-12/h4-9,15H,10H2,1-3H3,(H,16,17)/b11-9+. The van der Waals surface area contributed by atoms with Crippen molar-refractivity contribution < 1.29 is 9.90 Å². The van der Waals surface area contributed by atoms with Crippen molar-refractivity contribution in [2.75, 3.05) is 11.9 Å². The van der Waals surface area contributed by atoms with E-state index in [2.05, 4.69) is 5.32 Å². The number of nitrogens with one attached hydrogen (secondary N) is 1. The first-order chi connectivity index (χ1) is 7.91. The van der Waals surface area contributed by atoms with Crippen molar-refractivity contribution >= 4 is 11.7 Å². The van der Waals surface area contributed by atoms with Gasteiger partial charge in [0.15, 0.2) is 0 Å². The molecule has 92 valence electrons. The predicted octanol–water partition coefficient (Wildman–Crippen LogP) is 3.16. The van der Waals surface area contributed by atoms with Crippen LogP contribution in [-0.4, -0.2) is 17.6 Å². The molecule has 3 nitrogen and oxygen atoms in total. The summed E-state index contributed by atoms with van der Waals surface area (Å²) in [6.45, 7) is 6.33.